The molecule has 0 aliphatic heterocycles. The largest absolute Gasteiger partial charge is 0.494 e. The molecule has 0 aliphatic carbocycles. The van der Waals surface area contributed by atoms with Crippen molar-refractivity contribution in [1.82, 2.24) is 10.3 Å². The number of anilines is 1. The number of aliphatic hydroxyl groups excluding tert-OH is 1. The van der Waals surface area contributed by atoms with Gasteiger partial charge in [-0.15, -0.1) is 0 Å². The zero-order chi connectivity index (χ0) is 44.7. The highest BCUT2D eigenvalue weighted by molar-refractivity contribution is 7.22. The van der Waals surface area contributed by atoms with Crippen molar-refractivity contribution < 1.29 is 48.0 Å². The molecule has 2 N–H and O–H groups in total. The van der Waals surface area contributed by atoms with Gasteiger partial charge in [-0.25, -0.2) is 24.4 Å². The van der Waals surface area contributed by atoms with Crippen molar-refractivity contribution in [3.63, 3.8) is 0 Å². The summed E-state index contributed by atoms with van der Waals surface area (Å²) < 4.78 is 29.2. The summed E-state index contributed by atoms with van der Waals surface area (Å²) in [6.07, 6.45) is 10.9. The van der Waals surface area contributed by atoms with Crippen molar-refractivity contribution in [3.8, 4) is 23.0 Å². The molecule has 63 heavy (non-hydrogen) atoms. The molecule has 1 aromatic heterocycles. The average Bonchev–Trinajstić information content (AvgIpc) is 3.74. The molecule has 5 rings (SSSR count). The van der Waals surface area contributed by atoms with Crippen LogP contribution < -0.4 is 29.3 Å². The van der Waals surface area contributed by atoms with Gasteiger partial charge in [0.2, 0.25) is 11.0 Å². The molecule has 0 spiro atoms. The van der Waals surface area contributed by atoms with E-state index in [1.165, 1.54) is 41.8 Å². The number of hydrazone groups is 1. The maximum atomic E-state index is 13.4. The molecule has 0 saturated heterocycles. The SMILES string of the molecule is C=CC(=O)NCCCCCCOc1ccc(C(=O)Oc2ccc(OC(=O)c3ccc(OCCCCCCOC(=O)C=C)cc3)c(/C=N/N(CCO)c3nc4ccccc4s3)c2)cc1. The van der Waals surface area contributed by atoms with Crippen LogP contribution in [0.15, 0.2) is 121 Å². The normalized spacial score (nSPS) is 10.9. The van der Waals surface area contributed by atoms with Crippen molar-refractivity contribution in [2.24, 2.45) is 5.10 Å². The van der Waals surface area contributed by atoms with Gasteiger partial charge in [-0.05, 0) is 123 Å². The van der Waals surface area contributed by atoms with Gasteiger partial charge >= 0.3 is 17.9 Å². The molecule has 0 radical (unpaired) electrons. The number of ether oxygens (including phenoxy) is 5. The number of hydrogen-bond acceptors (Lipinski definition) is 14. The number of esters is 3. The van der Waals surface area contributed by atoms with Crippen LogP contribution in [0.25, 0.3) is 10.2 Å². The van der Waals surface area contributed by atoms with Gasteiger partial charge in [0.1, 0.15) is 23.0 Å². The number of rotatable bonds is 27. The first-order valence-corrected chi connectivity index (χ1v) is 21.6. The first kappa shape index (κ1) is 47.2. The molecule has 4 aromatic carbocycles. The number of hydrogen-bond donors (Lipinski definition) is 2. The second kappa shape index (κ2) is 25.8. The molecule has 0 fully saturated rings. The lowest BCUT2D eigenvalue weighted by atomic mass is 10.2. The molecule has 0 atom stereocenters. The van der Waals surface area contributed by atoms with Crippen LogP contribution in [0.3, 0.4) is 0 Å². The van der Waals surface area contributed by atoms with Gasteiger partial charge < -0.3 is 34.1 Å². The number of aliphatic hydroxyl groups is 1. The number of nitrogens with zero attached hydrogens (tertiary/aromatic N) is 3. The van der Waals surface area contributed by atoms with Crippen LogP contribution >= 0.6 is 11.3 Å². The Hall–Kier alpha value is -6.84. The third kappa shape index (κ3) is 15.9. The van der Waals surface area contributed by atoms with Crippen LogP contribution in [0, 0.1) is 0 Å². The second-order valence-electron chi connectivity index (χ2n) is 14.0. The van der Waals surface area contributed by atoms with E-state index >= 15 is 0 Å². The lowest BCUT2D eigenvalue weighted by Gasteiger charge is -2.15. The minimum Gasteiger partial charge on any atom is -0.494 e. The molecule has 330 valence electrons. The molecule has 1 heterocycles. The maximum absolute atomic E-state index is 13.4. The standard InChI is InChI=1S/C48H52N4O10S/c1-3-44(54)49-27-11-5-6-12-30-58-38-21-17-35(18-22-38)46(56)61-40-25-26-42(37(33-40)34-50-52(28-29-53)48-51-41-15-9-10-16-43(41)63-48)62-47(57)36-19-23-39(24-20-36)59-31-13-7-8-14-32-60-45(55)4-2/h3-4,9-10,15-26,33-34,53H,1-2,5-8,11-14,27-32H2,(H,49,54)/b50-34+. The number of para-hydroxylation sites is 1. The summed E-state index contributed by atoms with van der Waals surface area (Å²) in [5.74, 6) is -0.290. The first-order valence-electron chi connectivity index (χ1n) is 20.8. The van der Waals surface area contributed by atoms with Crippen molar-refractivity contribution in [1.29, 1.82) is 0 Å². The van der Waals surface area contributed by atoms with Gasteiger partial charge in [-0.1, -0.05) is 49.5 Å². The number of unbranched alkanes of at least 4 members (excludes halogenated alkanes) is 6. The van der Waals surface area contributed by atoms with Gasteiger partial charge in [-0.2, -0.15) is 5.10 Å². The summed E-state index contributed by atoms with van der Waals surface area (Å²) in [5.41, 5.74) is 1.69. The molecular weight excluding hydrogens is 825 g/mol. The molecular formula is C48H52N4O10S. The Morgan fingerprint density at radius 1 is 0.714 bits per heavy atom. The number of carbonyl (C=O) groups excluding carboxylic acids is 4. The van der Waals surface area contributed by atoms with Crippen LogP contribution in [0.5, 0.6) is 23.0 Å². The smallest absolute Gasteiger partial charge is 0.343 e. The minimum absolute atomic E-state index is 0.138. The van der Waals surface area contributed by atoms with E-state index in [1.807, 2.05) is 24.3 Å². The molecule has 0 aliphatic rings. The Bertz CT molecular complexity index is 2280. The summed E-state index contributed by atoms with van der Waals surface area (Å²) in [6.45, 7) is 8.73. The topological polar surface area (TPSA) is 175 Å². The zero-order valence-corrected chi connectivity index (χ0v) is 35.9. The maximum Gasteiger partial charge on any atom is 0.343 e. The first-order chi connectivity index (χ1) is 30.8. The van der Waals surface area contributed by atoms with Crippen LogP contribution in [0.4, 0.5) is 5.13 Å². The molecule has 1 amide bonds. The highest BCUT2D eigenvalue weighted by Gasteiger charge is 2.17. The number of nitrogens with one attached hydrogen (secondary N) is 1. The number of thiazole rings is 1. The van der Waals surface area contributed by atoms with Crippen LogP contribution in [0.1, 0.15) is 77.6 Å². The monoisotopic (exact) mass is 876 g/mol. The fourth-order valence-corrected chi connectivity index (χ4v) is 6.87. The van der Waals surface area contributed by atoms with Gasteiger partial charge in [0.05, 0.1) is 60.5 Å². The highest BCUT2D eigenvalue weighted by Crippen LogP contribution is 2.30. The number of amides is 1. The number of aromatic nitrogens is 1. The average molecular weight is 877 g/mol. The predicted molar refractivity (Wildman–Crippen MR) is 243 cm³/mol. The molecule has 0 saturated carbocycles. The predicted octanol–water partition coefficient (Wildman–Crippen LogP) is 8.48. The van der Waals surface area contributed by atoms with Gasteiger partial charge in [0, 0.05) is 18.2 Å². The van der Waals surface area contributed by atoms with E-state index in [1.54, 1.807) is 53.5 Å². The van der Waals surface area contributed by atoms with Crippen molar-refractivity contribution in [2.45, 2.75) is 51.4 Å². The third-order valence-electron chi connectivity index (χ3n) is 9.27. The lowest BCUT2D eigenvalue weighted by molar-refractivity contribution is -0.137. The van der Waals surface area contributed by atoms with Gasteiger partial charge in [-0.3, -0.25) is 4.79 Å². The summed E-state index contributed by atoms with van der Waals surface area (Å²) in [6, 6.07) is 25.5. The highest BCUT2D eigenvalue weighted by atomic mass is 32.1. The minimum atomic E-state index is -0.631. The molecule has 0 unspecified atom stereocenters. The summed E-state index contributed by atoms with van der Waals surface area (Å²) >= 11 is 1.41. The number of fused-ring (bicyclic) bond motifs is 1. The van der Waals surface area contributed by atoms with E-state index in [2.05, 4.69) is 28.6 Å². The summed E-state index contributed by atoms with van der Waals surface area (Å²) in [4.78, 5) is 53.7. The molecule has 14 nitrogen and oxygen atoms in total. The van der Waals surface area contributed by atoms with Crippen LogP contribution in [0.2, 0.25) is 0 Å². The lowest BCUT2D eigenvalue weighted by Crippen LogP contribution is -2.21. The Kier molecular flexibility index (Phi) is 19.4. The van der Waals surface area contributed by atoms with Gasteiger partial charge in [0.25, 0.3) is 0 Å². The molecule has 15 heteroatoms. The fraction of sp³-hybridized carbons (Fsp3) is 0.292. The zero-order valence-electron chi connectivity index (χ0n) is 35.1. The van der Waals surface area contributed by atoms with E-state index in [4.69, 9.17) is 23.7 Å². The van der Waals surface area contributed by atoms with Crippen LogP contribution in [-0.4, -0.2) is 79.6 Å². The Labute approximate surface area is 370 Å². The number of benzene rings is 4. The Balaban J connectivity index is 1.21. The third-order valence-corrected chi connectivity index (χ3v) is 10.3. The van der Waals surface area contributed by atoms with E-state index in [0.29, 0.717) is 54.1 Å². The molecule has 0 bridgehead atoms. The van der Waals surface area contributed by atoms with E-state index < -0.39 is 17.9 Å². The van der Waals surface area contributed by atoms with Crippen molar-refractivity contribution in [3.05, 3.63) is 133 Å². The quantitative estimate of drug-likeness (QED) is 0.0129. The van der Waals surface area contributed by atoms with Crippen LogP contribution in [-0.2, 0) is 14.3 Å². The van der Waals surface area contributed by atoms with Gasteiger partial charge in [0.15, 0.2) is 0 Å². The van der Waals surface area contributed by atoms with Crippen molar-refractivity contribution in [2.75, 3.05) is 44.5 Å². The fourth-order valence-electron chi connectivity index (χ4n) is 5.92. The summed E-state index contributed by atoms with van der Waals surface area (Å²) in [5, 5.41) is 19.3. The Morgan fingerprint density at radius 3 is 1.94 bits per heavy atom. The van der Waals surface area contributed by atoms with E-state index in [0.717, 1.165) is 67.7 Å². The van der Waals surface area contributed by atoms with E-state index in [9.17, 15) is 24.3 Å². The van der Waals surface area contributed by atoms with E-state index in [-0.39, 0.29) is 36.1 Å². The molecule has 5 aromatic rings. The van der Waals surface area contributed by atoms with Crippen molar-refractivity contribution >= 4 is 56.7 Å². The number of carbonyl (C=O) groups is 4. The second-order valence-corrected chi connectivity index (χ2v) is 15.0. The summed E-state index contributed by atoms with van der Waals surface area (Å²) in [7, 11) is 0. The Morgan fingerprint density at radius 2 is 1.32 bits per heavy atom.